The fourth-order valence-electron chi connectivity index (χ4n) is 1.44. The second kappa shape index (κ2) is 5.13. The van der Waals surface area contributed by atoms with E-state index >= 15 is 0 Å². The molecule has 0 bridgehead atoms. The minimum atomic E-state index is -0.455. The van der Waals surface area contributed by atoms with Crippen LogP contribution >= 0.6 is 15.9 Å². The van der Waals surface area contributed by atoms with Crippen molar-refractivity contribution in [2.24, 2.45) is 0 Å². The maximum absolute atomic E-state index is 10.7. The fourth-order valence-corrected chi connectivity index (χ4v) is 1.88. The summed E-state index contributed by atoms with van der Waals surface area (Å²) in [6.07, 6.45) is 4.62. The van der Waals surface area contributed by atoms with E-state index in [0.717, 1.165) is 5.82 Å². The van der Waals surface area contributed by atoms with Gasteiger partial charge in [0, 0.05) is 18.0 Å². The highest BCUT2D eigenvalue weighted by molar-refractivity contribution is 9.10. The summed E-state index contributed by atoms with van der Waals surface area (Å²) in [4.78, 5) is 21.3. The van der Waals surface area contributed by atoms with Gasteiger partial charge in [0.05, 0.1) is 15.9 Å². The highest BCUT2D eigenvalue weighted by Crippen LogP contribution is 2.30. The predicted molar refractivity (Wildman–Crippen MR) is 69.2 cm³/mol. The molecule has 2 aromatic rings. The Bertz CT molecular complexity index is 570. The summed E-state index contributed by atoms with van der Waals surface area (Å²) in [5.74, 6) is 1.31. The van der Waals surface area contributed by atoms with Gasteiger partial charge in [-0.3, -0.25) is 10.1 Å². The minimum absolute atomic E-state index is 0.00887. The molecule has 0 saturated carbocycles. The molecule has 2 N–H and O–H groups in total. The van der Waals surface area contributed by atoms with Crippen molar-refractivity contribution in [3.63, 3.8) is 0 Å². The largest absolute Gasteiger partial charge is 0.362 e. The van der Waals surface area contributed by atoms with Gasteiger partial charge in [-0.15, -0.1) is 0 Å². The van der Waals surface area contributed by atoms with Gasteiger partial charge in [-0.1, -0.05) is 0 Å². The van der Waals surface area contributed by atoms with E-state index in [1.54, 1.807) is 19.3 Å². The van der Waals surface area contributed by atoms with E-state index in [1.165, 1.54) is 6.20 Å². The first kappa shape index (κ1) is 12.5. The van der Waals surface area contributed by atoms with Crippen LogP contribution in [-0.4, -0.2) is 19.9 Å². The molecule has 0 aliphatic rings. The molecule has 0 saturated heterocycles. The van der Waals surface area contributed by atoms with Crippen LogP contribution in [0.15, 0.2) is 23.1 Å². The third kappa shape index (κ3) is 2.48. The monoisotopic (exact) mass is 311 g/mol. The molecule has 0 unspecified atom stereocenters. The molecule has 0 spiro atoms. The van der Waals surface area contributed by atoms with Crippen LogP contribution in [0.1, 0.15) is 11.4 Å². The zero-order valence-electron chi connectivity index (χ0n) is 9.48. The van der Waals surface area contributed by atoms with Gasteiger partial charge in [0.2, 0.25) is 0 Å². The lowest BCUT2D eigenvalue weighted by atomic mass is 10.2. The van der Waals surface area contributed by atoms with Crippen molar-refractivity contribution in [1.82, 2.24) is 15.0 Å². The van der Waals surface area contributed by atoms with Gasteiger partial charge in [0.25, 0.3) is 5.69 Å². The number of nitrogens with one attached hydrogen (secondary N) is 2. The molecule has 2 heterocycles. The summed E-state index contributed by atoms with van der Waals surface area (Å²) < 4.78 is 0.586. The first-order valence-electron chi connectivity index (χ1n) is 5.11. The SMILES string of the molecule is Cc1c([N+](=O)[O-])cnc(NCc2ncc[nH]2)c1Br. The Labute approximate surface area is 111 Å². The molecule has 0 fully saturated rings. The zero-order chi connectivity index (χ0) is 13.1. The molecular weight excluding hydrogens is 302 g/mol. The number of rotatable bonds is 4. The van der Waals surface area contributed by atoms with Crippen molar-refractivity contribution < 1.29 is 4.92 Å². The van der Waals surface area contributed by atoms with Crippen molar-refractivity contribution >= 4 is 27.4 Å². The molecule has 2 rings (SSSR count). The zero-order valence-corrected chi connectivity index (χ0v) is 11.1. The van der Waals surface area contributed by atoms with Gasteiger partial charge in [-0.25, -0.2) is 9.97 Å². The van der Waals surface area contributed by atoms with Crippen LogP contribution in [-0.2, 0) is 6.54 Å². The predicted octanol–water partition coefficient (Wildman–Crippen LogP) is 2.40. The average Bonchev–Trinajstić information content (AvgIpc) is 2.83. The maximum atomic E-state index is 10.7. The van der Waals surface area contributed by atoms with Crippen molar-refractivity contribution in [3.05, 3.63) is 44.6 Å². The van der Waals surface area contributed by atoms with E-state index in [4.69, 9.17) is 0 Å². The average molecular weight is 312 g/mol. The maximum Gasteiger partial charge on any atom is 0.291 e. The molecule has 7 nitrogen and oxygen atoms in total. The molecule has 18 heavy (non-hydrogen) atoms. The van der Waals surface area contributed by atoms with E-state index in [9.17, 15) is 10.1 Å². The quantitative estimate of drug-likeness (QED) is 0.667. The van der Waals surface area contributed by atoms with Crippen LogP contribution < -0.4 is 5.32 Å². The van der Waals surface area contributed by atoms with E-state index < -0.39 is 4.92 Å². The number of H-pyrrole nitrogens is 1. The fraction of sp³-hybridized carbons (Fsp3) is 0.200. The Morgan fingerprint density at radius 3 is 2.94 bits per heavy atom. The van der Waals surface area contributed by atoms with Gasteiger partial charge >= 0.3 is 0 Å². The van der Waals surface area contributed by atoms with Gasteiger partial charge < -0.3 is 10.3 Å². The molecular formula is C10H10BrN5O2. The van der Waals surface area contributed by atoms with E-state index in [-0.39, 0.29) is 5.69 Å². The lowest BCUT2D eigenvalue weighted by Crippen LogP contribution is -2.05. The number of hydrogen-bond donors (Lipinski definition) is 2. The number of nitro groups is 1. The lowest BCUT2D eigenvalue weighted by Gasteiger charge is -2.08. The van der Waals surface area contributed by atoms with E-state index in [0.29, 0.717) is 22.4 Å². The number of imidazole rings is 1. The van der Waals surface area contributed by atoms with E-state index in [2.05, 4.69) is 36.2 Å². The number of nitrogens with zero attached hydrogens (tertiary/aromatic N) is 3. The molecule has 2 aromatic heterocycles. The third-order valence-electron chi connectivity index (χ3n) is 2.41. The molecule has 0 aliphatic heterocycles. The summed E-state index contributed by atoms with van der Waals surface area (Å²) in [6, 6.07) is 0. The Hall–Kier alpha value is -1.96. The summed E-state index contributed by atoms with van der Waals surface area (Å²) in [7, 11) is 0. The summed E-state index contributed by atoms with van der Waals surface area (Å²) in [5, 5.41) is 13.8. The summed E-state index contributed by atoms with van der Waals surface area (Å²) >= 11 is 3.30. The summed E-state index contributed by atoms with van der Waals surface area (Å²) in [5.41, 5.74) is 0.530. The minimum Gasteiger partial charge on any atom is -0.362 e. The van der Waals surface area contributed by atoms with Gasteiger partial charge in [-0.05, 0) is 22.9 Å². The highest BCUT2D eigenvalue weighted by atomic mass is 79.9. The Morgan fingerprint density at radius 1 is 1.56 bits per heavy atom. The lowest BCUT2D eigenvalue weighted by molar-refractivity contribution is -0.385. The highest BCUT2D eigenvalue weighted by Gasteiger charge is 2.16. The third-order valence-corrected chi connectivity index (χ3v) is 3.38. The molecule has 0 atom stereocenters. The number of halogens is 1. The number of aromatic amines is 1. The van der Waals surface area contributed by atoms with E-state index in [1.807, 2.05) is 0 Å². The van der Waals surface area contributed by atoms with Crippen LogP contribution in [0.5, 0.6) is 0 Å². The Morgan fingerprint density at radius 2 is 2.33 bits per heavy atom. The first-order chi connectivity index (χ1) is 8.59. The van der Waals surface area contributed by atoms with Crippen molar-refractivity contribution in [1.29, 1.82) is 0 Å². The van der Waals surface area contributed by atoms with Crippen LogP contribution in [0.4, 0.5) is 11.5 Å². The topological polar surface area (TPSA) is 96.7 Å². The number of aromatic nitrogens is 3. The first-order valence-corrected chi connectivity index (χ1v) is 5.90. The number of anilines is 1. The molecule has 94 valence electrons. The second-order valence-corrected chi connectivity index (χ2v) is 4.37. The number of hydrogen-bond acceptors (Lipinski definition) is 5. The Balaban J connectivity index is 2.19. The van der Waals surface area contributed by atoms with Crippen molar-refractivity contribution in [2.45, 2.75) is 13.5 Å². The molecule has 0 amide bonds. The second-order valence-electron chi connectivity index (χ2n) is 3.58. The van der Waals surface area contributed by atoms with Crippen molar-refractivity contribution in [2.75, 3.05) is 5.32 Å². The normalized spacial score (nSPS) is 10.3. The van der Waals surface area contributed by atoms with Gasteiger partial charge in [-0.2, -0.15) is 0 Å². The number of pyridine rings is 1. The molecule has 0 aromatic carbocycles. The van der Waals surface area contributed by atoms with Crippen LogP contribution in [0.25, 0.3) is 0 Å². The molecule has 0 aliphatic carbocycles. The summed E-state index contributed by atoms with van der Waals surface area (Å²) in [6.45, 7) is 2.14. The molecule has 0 radical (unpaired) electrons. The van der Waals surface area contributed by atoms with Crippen LogP contribution in [0.3, 0.4) is 0 Å². The van der Waals surface area contributed by atoms with Crippen LogP contribution in [0.2, 0.25) is 0 Å². The Kier molecular flexibility index (Phi) is 3.56. The van der Waals surface area contributed by atoms with Crippen LogP contribution in [0, 0.1) is 17.0 Å². The molecule has 8 heteroatoms. The van der Waals surface area contributed by atoms with Gasteiger partial charge in [0.15, 0.2) is 0 Å². The smallest absolute Gasteiger partial charge is 0.291 e. The van der Waals surface area contributed by atoms with Gasteiger partial charge in [0.1, 0.15) is 17.8 Å². The standard InChI is InChI=1S/C10H10BrN5O2/c1-6-7(16(17)18)4-14-10(9(6)11)15-5-8-12-2-3-13-8/h2-4H,5H2,1H3,(H,12,13)(H,14,15). The van der Waals surface area contributed by atoms with Crippen molar-refractivity contribution in [3.8, 4) is 0 Å².